The molecule has 190 valence electrons. The second-order valence-corrected chi connectivity index (χ2v) is 11.8. The van der Waals surface area contributed by atoms with Crippen LogP contribution in [0.2, 0.25) is 0 Å². The highest BCUT2D eigenvalue weighted by Crippen LogP contribution is 2.32. The Morgan fingerprint density at radius 1 is 1.06 bits per heavy atom. The first-order valence-electron chi connectivity index (χ1n) is 11.4. The van der Waals surface area contributed by atoms with Crippen molar-refractivity contribution in [3.8, 4) is 5.75 Å². The van der Waals surface area contributed by atoms with Crippen molar-refractivity contribution in [1.29, 1.82) is 0 Å². The van der Waals surface area contributed by atoms with Gasteiger partial charge in [0.25, 0.3) is 10.0 Å². The first-order valence-corrected chi connectivity index (χ1v) is 13.7. The molecule has 1 aromatic heterocycles. The lowest BCUT2D eigenvalue weighted by Crippen LogP contribution is -2.42. The molecule has 0 radical (unpaired) electrons. The van der Waals surface area contributed by atoms with Crippen LogP contribution in [0.5, 0.6) is 5.75 Å². The third-order valence-electron chi connectivity index (χ3n) is 6.17. The number of thiophene rings is 1. The van der Waals surface area contributed by atoms with E-state index >= 15 is 0 Å². The molecule has 0 bridgehead atoms. The maximum Gasteiger partial charge on any atom is 0.252 e. The molecule has 1 aliphatic rings. The Morgan fingerprint density at radius 2 is 1.78 bits per heavy atom. The molecule has 1 fully saturated rings. The van der Waals surface area contributed by atoms with Gasteiger partial charge in [0.2, 0.25) is 11.8 Å². The smallest absolute Gasteiger partial charge is 0.252 e. The van der Waals surface area contributed by atoms with Crippen LogP contribution >= 0.6 is 11.3 Å². The molecule has 0 unspecified atom stereocenters. The molecule has 11 heteroatoms. The Balaban J connectivity index is 1.43. The number of methoxy groups -OCH3 is 1. The van der Waals surface area contributed by atoms with Crippen LogP contribution in [0.1, 0.15) is 44.0 Å². The number of ether oxygens (including phenoxy) is 1. The van der Waals surface area contributed by atoms with Crippen molar-refractivity contribution in [3.63, 3.8) is 0 Å². The molecule has 4 rings (SSSR count). The molecule has 1 aliphatic heterocycles. The highest BCUT2D eigenvalue weighted by atomic mass is 32.2. The molecule has 1 saturated heterocycles. The van der Waals surface area contributed by atoms with Gasteiger partial charge in [0.15, 0.2) is 0 Å². The third-order valence-corrected chi connectivity index (χ3v) is 9.62. The number of hydrogen-bond donors (Lipinski definition) is 3. The lowest BCUT2D eigenvalue weighted by molar-refractivity contribution is 0.0991. The zero-order valence-corrected chi connectivity index (χ0v) is 21.4. The first-order chi connectivity index (χ1) is 17.2. The summed E-state index contributed by atoms with van der Waals surface area (Å²) >= 11 is 1.18. The van der Waals surface area contributed by atoms with Gasteiger partial charge >= 0.3 is 0 Å². The van der Waals surface area contributed by atoms with E-state index < -0.39 is 21.8 Å². The Kier molecular flexibility index (Phi) is 7.62. The summed E-state index contributed by atoms with van der Waals surface area (Å²) in [7, 11) is -2.14. The summed E-state index contributed by atoms with van der Waals surface area (Å²) < 4.78 is 33.7. The maximum absolute atomic E-state index is 13.3. The van der Waals surface area contributed by atoms with Crippen LogP contribution in [0.25, 0.3) is 0 Å². The molecule has 5 N–H and O–H groups in total. The van der Waals surface area contributed by atoms with Gasteiger partial charge in [0.1, 0.15) is 9.96 Å². The van der Waals surface area contributed by atoms with E-state index in [0.29, 0.717) is 54.8 Å². The molecule has 0 aliphatic carbocycles. The molecule has 0 saturated carbocycles. The van der Waals surface area contributed by atoms with Crippen molar-refractivity contribution in [2.45, 2.75) is 29.5 Å². The monoisotopic (exact) mass is 528 g/mol. The topological polar surface area (TPSA) is 145 Å². The highest BCUT2D eigenvalue weighted by Gasteiger charge is 2.30. The van der Waals surface area contributed by atoms with Crippen LogP contribution in [-0.2, 0) is 16.4 Å². The largest absolute Gasteiger partial charge is 0.496 e. The van der Waals surface area contributed by atoms with Gasteiger partial charge in [-0.2, -0.15) is 4.31 Å². The molecule has 2 aromatic carbocycles. The fraction of sp³-hybridized carbons (Fsp3) is 0.280. The molecular weight excluding hydrogens is 500 g/mol. The molecule has 3 aromatic rings. The Bertz CT molecular complexity index is 1380. The number of sulfonamides is 1. The van der Waals surface area contributed by atoms with E-state index in [-0.39, 0.29) is 10.3 Å². The summed E-state index contributed by atoms with van der Waals surface area (Å²) in [5.74, 6) is -0.530. The Morgan fingerprint density at radius 3 is 2.44 bits per heavy atom. The number of piperidine rings is 1. The Labute approximate surface area is 214 Å². The van der Waals surface area contributed by atoms with Gasteiger partial charge in [0.05, 0.1) is 7.11 Å². The maximum atomic E-state index is 13.3. The minimum atomic E-state index is -3.65. The van der Waals surface area contributed by atoms with Crippen LogP contribution < -0.4 is 21.5 Å². The van der Waals surface area contributed by atoms with Crippen molar-refractivity contribution in [1.82, 2.24) is 4.31 Å². The summed E-state index contributed by atoms with van der Waals surface area (Å²) in [6.45, 7) is 0.752. The molecule has 0 atom stereocenters. The molecule has 9 nitrogen and oxygen atoms in total. The van der Waals surface area contributed by atoms with E-state index in [1.807, 2.05) is 6.07 Å². The number of hydrogen-bond acceptors (Lipinski definition) is 7. The standard InChI is InChI=1S/C25H28N4O5S2/c1-34-22-7-3-6-20(25(27)31)21(22)15-19-8-9-23(35-19)36(32,33)29-12-10-17(11-13-29)28-18-5-2-4-16(14-18)24(26)30/h2-9,14,17,28H,10-13,15H2,1H3,(H2,26,30)(H2,27,31). The average Bonchev–Trinajstić information content (AvgIpc) is 3.34. The van der Waals surface area contributed by atoms with Crippen LogP contribution in [0.15, 0.2) is 58.8 Å². The second-order valence-electron chi connectivity index (χ2n) is 8.52. The molecule has 2 heterocycles. The number of nitrogens with zero attached hydrogens (tertiary/aromatic N) is 1. The van der Waals surface area contributed by atoms with Gasteiger partial charge in [-0.15, -0.1) is 11.3 Å². The SMILES string of the molecule is COc1cccc(C(N)=O)c1Cc1ccc(S(=O)(=O)N2CCC(Nc3cccc(C(N)=O)c3)CC2)s1. The number of amides is 2. The predicted octanol–water partition coefficient (Wildman–Crippen LogP) is 2.81. The van der Waals surface area contributed by atoms with Gasteiger partial charge in [-0.3, -0.25) is 9.59 Å². The fourth-order valence-electron chi connectivity index (χ4n) is 4.30. The lowest BCUT2D eigenvalue weighted by Gasteiger charge is -2.31. The minimum Gasteiger partial charge on any atom is -0.496 e. The Hall–Kier alpha value is -3.41. The lowest BCUT2D eigenvalue weighted by atomic mass is 10.0. The minimum absolute atomic E-state index is 0.0799. The van der Waals surface area contributed by atoms with E-state index in [9.17, 15) is 18.0 Å². The van der Waals surface area contributed by atoms with E-state index in [0.717, 1.165) is 10.6 Å². The van der Waals surface area contributed by atoms with Crippen molar-refractivity contribution in [3.05, 3.63) is 76.2 Å². The number of nitrogens with one attached hydrogen (secondary N) is 1. The number of carbonyl (C=O) groups excluding carboxylic acids is 2. The van der Waals surface area contributed by atoms with Gasteiger partial charge in [-0.05, 0) is 55.3 Å². The fourth-order valence-corrected chi connectivity index (χ4v) is 7.29. The van der Waals surface area contributed by atoms with Gasteiger partial charge in [-0.25, -0.2) is 8.42 Å². The zero-order valence-electron chi connectivity index (χ0n) is 19.8. The van der Waals surface area contributed by atoms with Crippen molar-refractivity contribution < 1.29 is 22.7 Å². The number of rotatable bonds is 9. The molecule has 2 amide bonds. The highest BCUT2D eigenvalue weighted by molar-refractivity contribution is 7.91. The predicted molar refractivity (Wildman–Crippen MR) is 139 cm³/mol. The quantitative estimate of drug-likeness (QED) is 0.389. The zero-order chi connectivity index (χ0) is 25.9. The normalized spacial score (nSPS) is 14.9. The van der Waals surface area contributed by atoms with Crippen LogP contribution in [0.3, 0.4) is 0 Å². The number of anilines is 1. The summed E-state index contributed by atoms with van der Waals surface area (Å²) in [4.78, 5) is 24.1. The number of carbonyl (C=O) groups is 2. The molecule has 36 heavy (non-hydrogen) atoms. The van der Waals surface area contributed by atoms with Gasteiger partial charge < -0.3 is 21.5 Å². The van der Waals surface area contributed by atoms with Crippen molar-refractivity contribution >= 4 is 38.9 Å². The number of benzene rings is 2. The van der Waals surface area contributed by atoms with Crippen LogP contribution in [0, 0.1) is 0 Å². The summed E-state index contributed by atoms with van der Waals surface area (Å²) in [5, 5.41) is 3.37. The average molecular weight is 529 g/mol. The molecule has 0 spiro atoms. The van der Waals surface area contributed by atoms with E-state index in [1.54, 1.807) is 48.5 Å². The summed E-state index contributed by atoms with van der Waals surface area (Å²) in [6.07, 6.45) is 1.59. The van der Waals surface area contributed by atoms with E-state index in [4.69, 9.17) is 16.2 Å². The summed E-state index contributed by atoms with van der Waals surface area (Å²) in [5.41, 5.74) is 13.1. The van der Waals surface area contributed by atoms with Crippen LogP contribution in [-0.4, -0.2) is 50.8 Å². The van der Waals surface area contributed by atoms with E-state index in [1.165, 1.54) is 22.8 Å². The second kappa shape index (κ2) is 10.7. The van der Waals surface area contributed by atoms with Crippen molar-refractivity contribution in [2.75, 3.05) is 25.5 Å². The van der Waals surface area contributed by atoms with Crippen LogP contribution in [0.4, 0.5) is 5.69 Å². The van der Waals surface area contributed by atoms with Gasteiger partial charge in [0, 0.05) is 52.8 Å². The summed E-state index contributed by atoms with van der Waals surface area (Å²) in [6, 6.07) is 15.5. The van der Waals surface area contributed by atoms with Gasteiger partial charge in [-0.1, -0.05) is 12.1 Å². The van der Waals surface area contributed by atoms with Crippen molar-refractivity contribution in [2.24, 2.45) is 11.5 Å². The first kappa shape index (κ1) is 25.7. The third kappa shape index (κ3) is 5.53. The molecular formula is C25H28N4O5S2. The number of nitrogens with two attached hydrogens (primary N) is 2. The number of primary amides is 2. The van der Waals surface area contributed by atoms with E-state index in [2.05, 4.69) is 5.32 Å².